The highest BCUT2D eigenvalue weighted by Gasteiger charge is 2.31. The minimum absolute atomic E-state index is 0.0133. The van der Waals surface area contributed by atoms with Gasteiger partial charge in [-0.2, -0.15) is 0 Å². The Morgan fingerprint density at radius 1 is 0.870 bits per heavy atom. The van der Waals surface area contributed by atoms with Crippen LogP contribution in [0.4, 0.5) is 0 Å². The van der Waals surface area contributed by atoms with Gasteiger partial charge < -0.3 is 48.3 Å². The molecule has 3 rings (SSSR count). The summed E-state index contributed by atoms with van der Waals surface area (Å²) < 4.78 is 0. The molecule has 0 saturated carbocycles. The van der Waals surface area contributed by atoms with Gasteiger partial charge in [-0.15, -0.1) is 0 Å². The third-order valence-electron chi connectivity index (χ3n) is 7.36. The summed E-state index contributed by atoms with van der Waals surface area (Å²) in [6.07, 6.45) is 2.59. The number of H-pyrrole nitrogens is 1. The van der Waals surface area contributed by atoms with E-state index in [1.807, 2.05) is 38.1 Å². The maximum atomic E-state index is 13.7. The van der Waals surface area contributed by atoms with Crippen molar-refractivity contribution in [2.75, 3.05) is 6.54 Å². The van der Waals surface area contributed by atoms with Crippen molar-refractivity contribution in [3.05, 3.63) is 65.9 Å². The number of nitrogens with two attached hydrogens (primary N) is 3. The van der Waals surface area contributed by atoms with Gasteiger partial charge in [-0.05, 0) is 60.9 Å². The van der Waals surface area contributed by atoms with Gasteiger partial charge in [-0.3, -0.25) is 19.4 Å². The van der Waals surface area contributed by atoms with Crippen LogP contribution in [0.5, 0.6) is 5.75 Å². The number of nitrogens with zero attached hydrogens (tertiary/aromatic N) is 1. The second kappa shape index (κ2) is 16.8. The molecule has 0 aliphatic rings. The summed E-state index contributed by atoms with van der Waals surface area (Å²) in [4.78, 5) is 59.3. The summed E-state index contributed by atoms with van der Waals surface area (Å²) >= 11 is 0. The number of phenols is 1. The average molecular weight is 637 g/mol. The fourth-order valence-corrected chi connectivity index (χ4v) is 5.00. The number of aromatic nitrogens is 1. The number of carboxylic acids is 1. The third kappa shape index (κ3) is 10.8. The topological polar surface area (TPSA) is 251 Å². The van der Waals surface area contributed by atoms with Crippen molar-refractivity contribution < 1.29 is 29.4 Å². The molecule has 2 aromatic carbocycles. The van der Waals surface area contributed by atoms with E-state index in [0.29, 0.717) is 12.0 Å². The monoisotopic (exact) mass is 636 g/mol. The number of carbonyl (C=O) groups is 4. The number of para-hydroxylation sites is 1. The number of rotatable bonds is 17. The Bertz CT molecular complexity index is 1520. The predicted molar refractivity (Wildman–Crippen MR) is 175 cm³/mol. The number of carbonyl (C=O) groups excluding carboxylic acids is 3. The number of amides is 3. The Balaban J connectivity index is 1.80. The van der Waals surface area contributed by atoms with E-state index in [1.165, 1.54) is 12.1 Å². The number of aliphatic imine (C=N–C) groups is 1. The van der Waals surface area contributed by atoms with E-state index in [-0.39, 0.29) is 49.9 Å². The van der Waals surface area contributed by atoms with E-state index < -0.39 is 47.9 Å². The second-order valence-corrected chi connectivity index (χ2v) is 11.6. The number of hydrogen-bond acceptors (Lipinski definition) is 7. The molecule has 0 spiro atoms. The summed E-state index contributed by atoms with van der Waals surface area (Å²) in [5.41, 5.74) is 19.5. The van der Waals surface area contributed by atoms with Gasteiger partial charge in [0.15, 0.2) is 5.96 Å². The molecule has 0 bridgehead atoms. The van der Waals surface area contributed by atoms with Crippen LogP contribution in [0, 0.1) is 5.92 Å². The predicted octanol–water partition coefficient (Wildman–Crippen LogP) is 0.625. The largest absolute Gasteiger partial charge is 0.508 e. The number of fused-ring (bicyclic) bond motifs is 1. The number of benzene rings is 2. The number of carboxylic acid groups (broad SMARTS) is 1. The zero-order valence-corrected chi connectivity index (χ0v) is 26.0. The van der Waals surface area contributed by atoms with E-state index in [2.05, 4.69) is 25.9 Å². The van der Waals surface area contributed by atoms with Crippen molar-refractivity contribution in [2.24, 2.45) is 28.1 Å². The Hall–Kier alpha value is -5.11. The molecule has 14 nitrogen and oxygen atoms in total. The Morgan fingerprint density at radius 3 is 2.15 bits per heavy atom. The van der Waals surface area contributed by atoms with Gasteiger partial charge in [0, 0.05) is 30.1 Å². The van der Waals surface area contributed by atoms with E-state index in [1.54, 1.807) is 18.3 Å². The van der Waals surface area contributed by atoms with Gasteiger partial charge in [0.05, 0.1) is 6.04 Å². The number of aliphatic carboxylic acids is 1. The maximum absolute atomic E-state index is 13.7. The second-order valence-electron chi connectivity index (χ2n) is 11.6. The van der Waals surface area contributed by atoms with E-state index in [9.17, 15) is 29.4 Å². The zero-order chi connectivity index (χ0) is 33.8. The van der Waals surface area contributed by atoms with E-state index >= 15 is 0 Å². The van der Waals surface area contributed by atoms with Crippen LogP contribution in [-0.4, -0.2) is 75.6 Å². The van der Waals surface area contributed by atoms with Crippen molar-refractivity contribution in [1.29, 1.82) is 0 Å². The lowest BCUT2D eigenvalue weighted by Crippen LogP contribution is -2.57. The van der Waals surface area contributed by atoms with Gasteiger partial charge >= 0.3 is 5.97 Å². The fourth-order valence-electron chi connectivity index (χ4n) is 5.00. The number of hydrogen-bond donors (Lipinski definition) is 9. The smallest absolute Gasteiger partial charge is 0.326 e. The molecule has 1 aromatic heterocycles. The van der Waals surface area contributed by atoms with Crippen LogP contribution in [-0.2, 0) is 32.0 Å². The van der Waals surface area contributed by atoms with Gasteiger partial charge in [-0.25, -0.2) is 4.79 Å². The lowest BCUT2D eigenvalue weighted by Gasteiger charge is -2.26. The Morgan fingerprint density at radius 2 is 1.50 bits per heavy atom. The van der Waals surface area contributed by atoms with Crippen molar-refractivity contribution >= 4 is 40.6 Å². The maximum Gasteiger partial charge on any atom is 0.326 e. The lowest BCUT2D eigenvalue weighted by molar-refractivity contribution is -0.142. The van der Waals surface area contributed by atoms with Crippen molar-refractivity contribution in [2.45, 2.75) is 70.1 Å². The Kier molecular flexibility index (Phi) is 12.9. The first-order valence-electron chi connectivity index (χ1n) is 15.1. The molecule has 3 aromatic rings. The molecule has 3 amide bonds. The highest BCUT2D eigenvalue weighted by Crippen LogP contribution is 2.19. The molecule has 0 radical (unpaired) electrons. The van der Waals surface area contributed by atoms with Crippen molar-refractivity contribution in [3.8, 4) is 5.75 Å². The number of phenolic OH excluding ortho intramolecular Hbond substituents is 1. The van der Waals surface area contributed by atoms with Gasteiger partial charge in [0.1, 0.15) is 23.9 Å². The molecule has 14 heteroatoms. The number of nitrogens with one attached hydrogen (secondary N) is 4. The molecule has 248 valence electrons. The number of aromatic amines is 1. The Labute approximate surface area is 267 Å². The molecule has 4 unspecified atom stereocenters. The summed E-state index contributed by atoms with van der Waals surface area (Å²) in [7, 11) is 0. The summed E-state index contributed by atoms with van der Waals surface area (Å²) in [5.74, 6) is -3.29. The molecule has 1 heterocycles. The molecule has 0 aliphatic carbocycles. The third-order valence-corrected chi connectivity index (χ3v) is 7.36. The molecular weight excluding hydrogens is 592 g/mol. The zero-order valence-electron chi connectivity index (χ0n) is 26.0. The SMILES string of the molecule is CC(C)CC(NC(=O)C(Cc1ccc(O)cc1)NC(=O)C(CCCN=C(N)N)NC(=O)C(N)Cc1c[nH]c2ccccc12)C(=O)O. The van der Waals surface area contributed by atoms with Crippen molar-refractivity contribution in [3.63, 3.8) is 0 Å². The summed E-state index contributed by atoms with van der Waals surface area (Å²) in [6, 6.07) is 9.16. The van der Waals surface area contributed by atoms with Crippen LogP contribution in [0.3, 0.4) is 0 Å². The van der Waals surface area contributed by atoms with E-state index in [0.717, 1.165) is 16.5 Å². The first-order chi connectivity index (χ1) is 21.8. The molecule has 46 heavy (non-hydrogen) atoms. The standard InChI is InChI=1S/C32H44N8O6/c1-18(2)14-27(31(45)46)40-30(44)26(15-19-9-11-21(41)12-10-19)39-29(43)25(8-5-13-36-32(34)35)38-28(42)23(33)16-20-17-37-24-7-4-3-6-22(20)24/h3-4,6-7,9-12,17-18,23,25-27,37,41H,5,8,13-16,33H2,1-2H3,(H,38,42)(H,39,43)(H,40,44)(H,45,46)(H4,34,35,36). The van der Waals surface area contributed by atoms with Crippen LogP contribution in [0.1, 0.15) is 44.2 Å². The highest BCUT2D eigenvalue weighted by molar-refractivity contribution is 5.94. The molecule has 12 N–H and O–H groups in total. The average Bonchev–Trinajstić information content (AvgIpc) is 3.40. The van der Waals surface area contributed by atoms with Gasteiger partial charge in [0.25, 0.3) is 0 Å². The van der Waals surface area contributed by atoms with Crippen LogP contribution >= 0.6 is 0 Å². The van der Waals surface area contributed by atoms with Crippen LogP contribution in [0.15, 0.2) is 59.7 Å². The summed E-state index contributed by atoms with van der Waals surface area (Å²) in [5, 5.41) is 28.2. The molecule has 0 fully saturated rings. The van der Waals surface area contributed by atoms with Crippen LogP contribution in [0.25, 0.3) is 10.9 Å². The first kappa shape index (κ1) is 35.4. The fraction of sp³-hybridized carbons (Fsp3) is 0.406. The molecular formula is C32H44N8O6. The van der Waals surface area contributed by atoms with Crippen LogP contribution < -0.4 is 33.2 Å². The minimum atomic E-state index is -1.21. The normalized spacial score (nSPS) is 13.7. The van der Waals surface area contributed by atoms with Crippen molar-refractivity contribution in [1.82, 2.24) is 20.9 Å². The minimum Gasteiger partial charge on any atom is -0.508 e. The molecule has 0 aliphatic heterocycles. The lowest BCUT2D eigenvalue weighted by atomic mass is 10.0. The number of guanidine groups is 1. The first-order valence-corrected chi connectivity index (χ1v) is 15.1. The van der Waals surface area contributed by atoms with E-state index in [4.69, 9.17) is 17.2 Å². The van der Waals surface area contributed by atoms with Gasteiger partial charge in [-0.1, -0.05) is 44.2 Å². The highest BCUT2D eigenvalue weighted by atomic mass is 16.4. The molecule has 4 atom stereocenters. The van der Waals surface area contributed by atoms with Gasteiger partial charge in [0.2, 0.25) is 17.7 Å². The quantitative estimate of drug-likeness (QED) is 0.0571. The van der Waals surface area contributed by atoms with Crippen LogP contribution in [0.2, 0.25) is 0 Å². The number of aromatic hydroxyl groups is 1. The molecule has 0 saturated heterocycles. The summed E-state index contributed by atoms with van der Waals surface area (Å²) in [6.45, 7) is 3.85.